The summed E-state index contributed by atoms with van der Waals surface area (Å²) in [6.07, 6.45) is 0.827. The highest BCUT2D eigenvalue weighted by Gasteiger charge is 2.59. The van der Waals surface area contributed by atoms with E-state index in [2.05, 4.69) is 0 Å². The lowest BCUT2D eigenvalue weighted by atomic mass is 10.0. The van der Waals surface area contributed by atoms with Crippen molar-refractivity contribution in [1.29, 1.82) is 0 Å². The average Bonchev–Trinajstić information content (AvgIpc) is 3.22. The van der Waals surface area contributed by atoms with Crippen molar-refractivity contribution in [3.05, 3.63) is 42.0 Å². The van der Waals surface area contributed by atoms with Gasteiger partial charge >= 0.3 is 12.1 Å². The van der Waals surface area contributed by atoms with Crippen LogP contribution in [0.25, 0.3) is 0 Å². The van der Waals surface area contributed by atoms with E-state index >= 15 is 0 Å². The third-order valence-electron chi connectivity index (χ3n) is 5.35. The largest absolute Gasteiger partial charge is 0.467 e. The van der Waals surface area contributed by atoms with Crippen LogP contribution in [0, 0.1) is 6.92 Å². The molecule has 170 valence electrons. The maximum atomic E-state index is 13.6. The molecule has 1 saturated heterocycles. The van der Waals surface area contributed by atoms with Crippen LogP contribution in [0.3, 0.4) is 0 Å². The van der Waals surface area contributed by atoms with E-state index in [0.717, 1.165) is 5.56 Å². The Morgan fingerprint density at radius 3 is 2.19 bits per heavy atom. The molecule has 0 N–H and O–H groups in total. The second-order valence-electron chi connectivity index (χ2n) is 8.84. The Bertz CT molecular complexity index is 978. The zero-order valence-corrected chi connectivity index (χ0v) is 19.4. The fourth-order valence-electron chi connectivity index (χ4n) is 3.95. The number of nitrogens with zero attached hydrogens (tertiary/aromatic N) is 1. The van der Waals surface area contributed by atoms with Crippen LogP contribution in [-0.2, 0) is 28.8 Å². The summed E-state index contributed by atoms with van der Waals surface area (Å²) in [7, 11) is -2.67. The number of carbonyl (C=O) groups is 2. The highest BCUT2D eigenvalue weighted by molar-refractivity contribution is 7.92. The third kappa shape index (κ3) is 4.48. The van der Waals surface area contributed by atoms with Crippen molar-refractivity contribution < 1.29 is 32.2 Å². The number of ether oxygens (including phenoxy) is 3. The molecule has 2 aliphatic heterocycles. The minimum atomic E-state index is -3.90. The van der Waals surface area contributed by atoms with Gasteiger partial charge in [-0.25, -0.2) is 18.0 Å². The molecule has 2 heterocycles. The van der Waals surface area contributed by atoms with Crippen LogP contribution < -0.4 is 0 Å². The normalized spacial score (nSPS) is 26.1. The molecule has 1 aromatic rings. The Kier molecular flexibility index (Phi) is 6.21. The second-order valence-corrected chi connectivity index (χ2v) is 10.9. The number of fused-ring (bicyclic) bond motifs is 2. The molecule has 2 aliphatic rings. The third-order valence-corrected chi connectivity index (χ3v) is 7.54. The number of hydrogen-bond donors (Lipinski definition) is 0. The lowest BCUT2D eigenvalue weighted by molar-refractivity contribution is -0.156. The molecule has 0 radical (unpaired) electrons. The topological polar surface area (TPSA) is 99.2 Å². The first-order valence-corrected chi connectivity index (χ1v) is 11.6. The summed E-state index contributed by atoms with van der Waals surface area (Å²) in [5.41, 5.74) is 0.175. The Hall–Kier alpha value is -2.39. The highest BCUT2D eigenvalue weighted by atomic mass is 32.2. The standard InChI is InChI=1S/C22H29NO7S/c1-13-7-9-15(10-8-13)31(26,27)19-17-12-11-16(18(19)29-14(2)20(24)28-6)23(17)21(25)30-22(3,4)5/h7-12,14,16-19H,1-6H3/t14-,16+,17-,18+,19+/m0/s1. The number of carbonyl (C=O) groups excluding carboxylic acids is 2. The van der Waals surface area contributed by atoms with E-state index in [1.165, 1.54) is 18.9 Å². The van der Waals surface area contributed by atoms with Crippen LogP contribution >= 0.6 is 0 Å². The van der Waals surface area contributed by atoms with Gasteiger partial charge in [0, 0.05) is 0 Å². The van der Waals surface area contributed by atoms with Crippen molar-refractivity contribution in [2.45, 2.75) is 74.7 Å². The van der Waals surface area contributed by atoms with E-state index in [0.29, 0.717) is 0 Å². The number of benzene rings is 1. The number of hydrogen-bond acceptors (Lipinski definition) is 7. The van der Waals surface area contributed by atoms with Crippen LogP contribution in [-0.4, -0.2) is 67.6 Å². The van der Waals surface area contributed by atoms with Gasteiger partial charge in [0.05, 0.1) is 24.1 Å². The van der Waals surface area contributed by atoms with Crippen LogP contribution in [0.2, 0.25) is 0 Å². The predicted molar refractivity (Wildman–Crippen MR) is 113 cm³/mol. The minimum absolute atomic E-state index is 0.132. The number of esters is 1. The number of sulfone groups is 1. The van der Waals surface area contributed by atoms with Gasteiger partial charge in [-0.3, -0.25) is 4.90 Å². The van der Waals surface area contributed by atoms with E-state index in [-0.39, 0.29) is 4.90 Å². The van der Waals surface area contributed by atoms with E-state index in [4.69, 9.17) is 14.2 Å². The Balaban J connectivity index is 2.01. The van der Waals surface area contributed by atoms with Crippen LogP contribution in [0.1, 0.15) is 33.3 Å². The summed E-state index contributed by atoms with van der Waals surface area (Å²) >= 11 is 0. The molecule has 1 amide bonds. The van der Waals surface area contributed by atoms with Gasteiger partial charge in [-0.05, 0) is 46.8 Å². The maximum absolute atomic E-state index is 13.6. The van der Waals surface area contributed by atoms with Gasteiger partial charge in [0.1, 0.15) is 17.0 Å². The van der Waals surface area contributed by atoms with Crippen molar-refractivity contribution in [3.8, 4) is 0 Å². The maximum Gasteiger partial charge on any atom is 0.411 e. The van der Waals surface area contributed by atoms with Crippen molar-refractivity contribution in [1.82, 2.24) is 4.90 Å². The lowest BCUT2D eigenvalue weighted by Gasteiger charge is -2.28. The molecular weight excluding hydrogens is 422 g/mol. The van der Waals surface area contributed by atoms with Gasteiger partial charge in [0.2, 0.25) is 0 Å². The van der Waals surface area contributed by atoms with Gasteiger partial charge in [-0.1, -0.05) is 29.8 Å². The number of aryl methyl sites for hydroxylation is 1. The van der Waals surface area contributed by atoms with Gasteiger partial charge < -0.3 is 14.2 Å². The summed E-state index contributed by atoms with van der Waals surface area (Å²) in [4.78, 5) is 26.4. The molecule has 1 aromatic carbocycles. The summed E-state index contributed by atoms with van der Waals surface area (Å²) in [5.74, 6) is -0.623. The lowest BCUT2D eigenvalue weighted by Crippen LogP contribution is -2.45. The highest BCUT2D eigenvalue weighted by Crippen LogP contribution is 2.42. The molecule has 5 atom stereocenters. The number of amides is 1. The summed E-state index contributed by atoms with van der Waals surface area (Å²) in [6, 6.07) is 5.05. The molecule has 2 bridgehead atoms. The van der Waals surface area contributed by atoms with Crippen molar-refractivity contribution in [2.75, 3.05) is 7.11 Å². The molecule has 0 saturated carbocycles. The second kappa shape index (κ2) is 8.27. The first-order chi connectivity index (χ1) is 14.4. The fourth-order valence-corrected chi connectivity index (χ4v) is 5.95. The van der Waals surface area contributed by atoms with E-state index in [1.54, 1.807) is 57.2 Å². The molecule has 0 spiro atoms. The van der Waals surface area contributed by atoms with Gasteiger partial charge in [0.25, 0.3) is 0 Å². The van der Waals surface area contributed by atoms with E-state index < -0.39 is 57.0 Å². The van der Waals surface area contributed by atoms with Gasteiger partial charge in [-0.2, -0.15) is 0 Å². The predicted octanol–water partition coefficient (Wildman–Crippen LogP) is 2.64. The molecular formula is C22H29NO7S. The molecule has 0 aromatic heterocycles. The molecule has 3 rings (SSSR count). The minimum Gasteiger partial charge on any atom is -0.467 e. The summed E-state index contributed by atoms with van der Waals surface area (Å²) < 4.78 is 43.4. The van der Waals surface area contributed by atoms with E-state index in [1.807, 2.05) is 6.92 Å². The van der Waals surface area contributed by atoms with Crippen molar-refractivity contribution in [3.63, 3.8) is 0 Å². The summed E-state index contributed by atoms with van der Waals surface area (Å²) in [6.45, 7) is 8.58. The smallest absolute Gasteiger partial charge is 0.411 e. The first-order valence-electron chi connectivity index (χ1n) is 10.1. The Morgan fingerprint density at radius 1 is 1.06 bits per heavy atom. The molecule has 1 fully saturated rings. The van der Waals surface area contributed by atoms with E-state index in [9.17, 15) is 18.0 Å². The van der Waals surface area contributed by atoms with Crippen molar-refractivity contribution in [2.24, 2.45) is 0 Å². The Morgan fingerprint density at radius 2 is 1.65 bits per heavy atom. The monoisotopic (exact) mass is 451 g/mol. The zero-order chi connectivity index (χ0) is 23.1. The SMILES string of the molecule is COC(=O)[C@H](C)O[C@H]1[C@H](S(=O)(=O)c2ccc(C)cc2)[C@@H]2C=C[C@H]1N2C(=O)OC(C)(C)C. The number of methoxy groups -OCH3 is 1. The Labute approximate surface area is 183 Å². The van der Waals surface area contributed by atoms with Gasteiger partial charge in [-0.15, -0.1) is 0 Å². The molecule has 0 aliphatic carbocycles. The van der Waals surface area contributed by atoms with Crippen LogP contribution in [0.5, 0.6) is 0 Å². The van der Waals surface area contributed by atoms with Crippen LogP contribution in [0.4, 0.5) is 4.79 Å². The van der Waals surface area contributed by atoms with Crippen LogP contribution in [0.15, 0.2) is 41.3 Å². The zero-order valence-electron chi connectivity index (χ0n) is 18.6. The molecule has 8 nitrogen and oxygen atoms in total. The summed E-state index contributed by atoms with van der Waals surface area (Å²) in [5, 5.41) is -1.09. The average molecular weight is 452 g/mol. The number of rotatable bonds is 5. The van der Waals surface area contributed by atoms with Gasteiger partial charge in [0.15, 0.2) is 15.9 Å². The quantitative estimate of drug-likeness (QED) is 0.501. The molecule has 31 heavy (non-hydrogen) atoms. The first kappa shape index (κ1) is 23.3. The molecule has 0 unspecified atom stereocenters. The fraction of sp³-hybridized carbons (Fsp3) is 0.545. The van der Waals surface area contributed by atoms with Crippen molar-refractivity contribution >= 4 is 21.9 Å². The molecule has 9 heteroatoms.